The fourth-order valence-corrected chi connectivity index (χ4v) is 8.15. The summed E-state index contributed by atoms with van der Waals surface area (Å²) in [5, 5.41) is 11.1. The Morgan fingerprint density at radius 1 is 0.805 bits per heavy atom. The average Bonchev–Trinajstić information content (AvgIpc) is 3.35. The molecule has 3 fully saturated rings. The maximum absolute atomic E-state index is 14.4. The van der Waals surface area contributed by atoms with Crippen LogP contribution in [0.4, 0.5) is 11.4 Å². The molecule has 0 radical (unpaired) electrons. The monoisotopic (exact) mass is 610 g/mol. The molecule has 0 bridgehead atoms. The van der Waals surface area contributed by atoms with Gasteiger partial charge in [-0.2, -0.15) is 0 Å². The lowest BCUT2D eigenvalue weighted by molar-refractivity contribution is -0.131. The van der Waals surface area contributed by atoms with E-state index in [0.717, 1.165) is 10.0 Å². The first-order valence-electron chi connectivity index (χ1n) is 13.8. The van der Waals surface area contributed by atoms with Gasteiger partial charge in [-0.3, -0.25) is 24.1 Å². The highest BCUT2D eigenvalue weighted by atomic mass is 79.9. The fourth-order valence-electron chi connectivity index (χ4n) is 7.77. The van der Waals surface area contributed by atoms with E-state index in [9.17, 15) is 24.3 Å². The minimum atomic E-state index is -1.20. The molecular weight excluding hydrogens is 584 g/mol. The van der Waals surface area contributed by atoms with Gasteiger partial charge in [0.05, 0.1) is 34.5 Å². The Morgan fingerprint density at radius 2 is 1.44 bits per heavy atom. The second-order valence-electron chi connectivity index (χ2n) is 11.5. The van der Waals surface area contributed by atoms with Crippen molar-refractivity contribution in [2.75, 3.05) is 9.80 Å². The van der Waals surface area contributed by atoms with E-state index < -0.39 is 35.0 Å². The highest BCUT2D eigenvalue weighted by Crippen LogP contribution is 2.64. The van der Waals surface area contributed by atoms with Crippen LogP contribution in [0.1, 0.15) is 31.2 Å². The summed E-state index contributed by atoms with van der Waals surface area (Å²) in [4.78, 5) is 58.7. The lowest BCUT2D eigenvalue weighted by atomic mass is 9.51. The summed E-state index contributed by atoms with van der Waals surface area (Å²) in [6.45, 7) is 1.81. The first-order valence-corrected chi connectivity index (χ1v) is 14.6. The van der Waals surface area contributed by atoms with Gasteiger partial charge in [-0.05, 0) is 68.1 Å². The molecule has 0 unspecified atom stereocenters. The summed E-state index contributed by atoms with van der Waals surface area (Å²) in [5.41, 5.74) is 1.18. The molecule has 7 nitrogen and oxygen atoms in total. The van der Waals surface area contributed by atoms with Crippen LogP contribution in [0, 0.1) is 29.1 Å². The SMILES string of the molecule is C[C@@]12C(=O)N(c3ccccc3)C(=O)[C@@H]1C[C@@H]1C(=CC[C@@H]3C(=O)N(c4ccccc4)C(=O)[C@@H]31)[C@@H]2c1cc(Br)ccc1O. The summed E-state index contributed by atoms with van der Waals surface area (Å²) < 4.78 is 0.723. The van der Waals surface area contributed by atoms with Gasteiger partial charge in [0.25, 0.3) is 0 Å². The number of nitrogens with zero attached hydrogens (tertiary/aromatic N) is 2. The maximum atomic E-state index is 14.4. The Bertz CT molecular complexity index is 1650. The van der Waals surface area contributed by atoms with Crippen molar-refractivity contribution in [3.63, 3.8) is 0 Å². The number of phenolic OH excluding ortho intramolecular Hbond substituents is 1. The number of phenols is 1. The van der Waals surface area contributed by atoms with Crippen molar-refractivity contribution >= 4 is 50.9 Å². The smallest absolute Gasteiger partial charge is 0.241 e. The minimum absolute atomic E-state index is 0.0139. The molecule has 0 aromatic heterocycles. The van der Waals surface area contributed by atoms with Crippen LogP contribution in [0.3, 0.4) is 0 Å². The predicted octanol–water partition coefficient (Wildman–Crippen LogP) is 5.59. The van der Waals surface area contributed by atoms with E-state index in [-0.39, 0.29) is 35.8 Å². The molecule has 2 heterocycles. The fraction of sp³-hybridized carbons (Fsp3) is 0.273. The van der Waals surface area contributed by atoms with E-state index in [2.05, 4.69) is 15.9 Å². The highest BCUT2D eigenvalue weighted by molar-refractivity contribution is 9.10. The minimum Gasteiger partial charge on any atom is -0.508 e. The maximum Gasteiger partial charge on any atom is 0.241 e. The summed E-state index contributed by atoms with van der Waals surface area (Å²) >= 11 is 3.51. The van der Waals surface area contributed by atoms with Gasteiger partial charge in [-0.25, -0.2) is 4.90 Å². The zero-order valence-corrected chi connectivity index (χ0v) is 23.8. The Balaban J connectivity index is 1.39. The molecule has 1 saturated carbocycles. The number of para-hydroxylation sites is 2. The van der Waals surface area contributed by atoms with Crippen LogP contribution in [-0.2, 0) is 19.2 Å². The van der Waals surface area contributed by atoms with Gasteiger partial charge in [0.15, 0.2) is 0 Å². The Morgan fingerprint density at radius 3 is 2.10 bits per heavy atom. The Hall–Kier alpha value is -4.04. The largest absolute Gasteiger partial charge is 0.508 e. The first-order chi connectivity index (χ1) is 19.7. The van der Waals surface area contributed by atoms with Gasteiger partial charge in [0.2, 0.25) is 23.6 Å². The van der Waals surface area contributed by atoms with Crippen molar-refractivity contribution in [1.29, 1.82) is 0 Å². The van der Waals surface area contributed by atoms with Crippen LogP contribution in [0.2, 0.25) is 0 Å². The number of fused-ring (bicyclic) bond motifs is 4. The number of carbonyl (C=O) groups is 4. The molecule has 2 saturated heterocycles. The third-order valence-corrected chi connectivity index (χ3v) is 10.1. The van der Waals surface area contributed by atoms with E-state index >= 15 is 0 Å². The standard InChI is InChI=1S/C33H27BrN2O5/c1-33-25(30(39)36(32(33)41)20-10-6-3-7-11-20)17-23-21(28(33)24-16-18(34)12-15-26(24)37)13-14-22-27(23)31(40)35(29(22)38)19-8-4-2-5-9-19/h2-13,15-16,22-23,25,27-28,37H,14,17H2,1H3/t22-,23+,25-,27-,28+,33+/m0/s1. The number of hydrogen-bond acceptors (Lipinski definition) is 5. The van der Waals surface area contributed by atoms with Crippen molar-refractivity contribution in [3.8, 4) is 5.75 Å². The molecule has 1 N–H and O–H groups in total. The van der Waals surface area contributed by atoms with Gasteiger partial charge in [0, 0.05) is 16.0 Å². The summed E-state index contributed by atoms with van der Waals surface area (Å²) in [6.07, 6.45) is 2.60. The topological polar surface area (TPSA) is 95.0 Å². The van der Waals surface area contributed by atoms with Crippen molar-refractivity contribution in [2.45, 2.75) is 25.7 Å². The van der Waals surface area contributed by atoms with Gasteiger partial charge >= 0.3 is 0 Å². The molecule has 4 amide bonds. The summed E-state index contributed by atoms with van der Waals surface area (Å²) in [5.74, 6) is -4.20. The van der Waals surface area contributed by atoms with Gasteiger partial charge in [-0.1, -0.05) is 64.0 Å². The van der Waals surface area contributed by atoms with E-state index in [4.69, 9.17) is 0 Å². The number of anilines is 2. The summed E-state index contributed by atoms with van der Waals surface area (Å²) in [6, 6.07) is 22.9. The van der Waals surface area contributed by atoms with Gasteiger partial charge in [0.1, 0.15) is 5.75 Å². The number of rotatable bonds is 3. The van der Waals surface area contributed by atoms with E-state index in [1.54, 1.807) is 66.7 Å². The molecule has 3 aromatic rings. The van der Waals surface area contributed by atoms with Crippen molar-refractivity contribution in [1.82, 2.24) is 0 Å². The van der Waals surface area contributed by atoms with Crippen LogP contribution in [0.15, 0.2) is 95.0 Å². The molecule has 2 aliphatic heterocycles. The quantitative estimate of drug-likeness (QED) is 0.308. The Labute approximate surface area is 245 Å². The van der Waals surface area contributed by atoms with Crippen molar-refractivity contribution < 1.29 is 24.3 Å². The van der Waals surface area contributed by atoms with E-state index in [1.165, 1.54) is 9.80 Å². The number of aromatic hydroxyl groups is 1. The number of allylic oxidation sites excluding steroid dienone is 2. The zero-order chi connectivity index (χ0) is 28.6. The van der Waals surface area contributed by atoms with Crippen molar-refractivity contribution in [3.05, 3.63) is 101 Å². The number of imide groups is 2. The van der Waals surface area contributed by atoms with E-state index in [0.29, 0.717) is 23.4 Å². The van der Waals surface area contributed by atoms with E-state index in [1.807, 2.05) is 25.1 Å². The molecule has 41 heavy (non-hydrogen) atoms. The number of amides is 4. The predicted molar refractivity (Wildman–Crippen MR) is 156 cm³/mol. The molecule has 6 atom stereocenters. The molecular formula is C33H27BrN2O5. The molecule has 206 valence electrons. The van der Waals surface area contributed by atoms with Gasteiger partial charge in [-0.15, -0.1) is 0 Å². The number of hydrogen-bond donors (Lipinski definition) is 1. The number of benzene rings is 3. The summed E-state index contributed by atoms with van der Waals surface area (Å²) in [7, 11) is 0. The van der Waals surface area contributed by atoms with Crippen LogP contribution in [0.5, 0.6) is 5.75 Å². The highest BCUT2D eigenvalue weighted by Gasteiger charge is 2.68. The lowest BCUT2D eigenvalue weighted by Gasteiger charge is -2.49. The van der Waals surface area contributed by atoms with Crippen LogP contribution in [-0.4, -0.2) is 28.7 Å². The van der Waals surface area contributed by atoms with Crippen LogP contribution >= 0.6 is 15.9 Å². The van der Waals surface area contributed by atoms with Gasteiger partial charge < -0.3 is 5.11 Å². The average molecular weight is 611 g/mol. The third kappa shape index (κ3) is 3.56. The molecule has 0 spiro atoms. The number of carbonyl (C=O) groups excluding carboxylic acids is 4. The van der Waals surface area contributed by atoms with Crippen LogP contribution < -0.4 is 9.80 Å². The lowest BCUT2D eigenvalue weighted by Crippen LogP contribution is -2.48. The molecule has 2 aliphatic carbocycles. The normalized spacial score (nSPS) is 30.7. The molecule has 8 heteroatoms. The number of halogens is 1. The molecule has 3 aromatic carbocycles. The van der Waals surface area contributed by atoms with Crippen LogP contribution in [0.25, 0.3) is 0 Å². The second kappa shape index (κ2) is 9.24. The van der Waals surface area contributed by atoms with Crippen molar-refractivity contribution in [2.24, 2.45) is 29.1 Å². The first kappa shape index (κ1) is 25.9. The molecule has 4 aliphatic rings. The molecule has 7 rings (SSSR count). The second-order valence-corrected chi connectivity index (χ2v) is 12.5. The zero-order valence-electron chi connectivity index (χ0n) is 22.2. The Kier molecular flexibility index (Phi) is 5.84. The third-order valence-electron chi connectivity index (χ3n) is 9.60.